The first-order chi connectivity index (χ1) is 12.9. The van der Waals surface area contributed by atoms with Crippen molar-refractivity contribution in [3.63, 3.8) is 0 Å². The third-order valence-corrected chi connectivity index (χ3v) is 5.94. The third kappa shape index (κ3) is 3.15. The Bertz CT molecular complexity index is 1080. The maximum absolute atomic E-state index is 12.6. The fourth-order valence-corrected chi connectivity index (χ4v) is 4.12. The van der Waals surface area contributed by atoms with Crippen molar-refractivity contribution < 1.29 is 17.9 Å². The van der Waals surface area contributed by atoms with Crippen LogP contribution < -0.4 is 0 Å². The van der Waals surface area contributed by atoms with Gasteiger partial charge in [-0.25, -0.2) is 18.4 Å². The lowest BCUT2D eigenvalue weighted by molar-refractivity contribution is -0.384. The Morgan fingerprint density at radius 3 is 2.41 bits per heavy atom. The lowest BCUT2D eigenvalue weighted by Crippen LogP contribution is -2.48. The highest BCUT2D eigenvalue weighted by Crippen LogP contribution is 2.32. The minimum atomic E-state index is -3.73. The minimum absolute atomic E-state index is 0.00421. The topological polar surface area (TPSA) is 145 Å². The molecule has 0 amide bonds. The quantitative estimate of drug-likeness (QED) is 0.465. The van der Waals surface area contributed by atoms with E-state index >= 15 is 0 Å². The number of nitro groups is 1. The van der Waals surface area contributed by atoms with Crippen molar-refractivity contribution >= 4 is 15.7 Å². The maximum Gasteiger partial charge on any atom is 0.269 e. The molecular formula is C15H12N6O5S. The molecule has 1 aliphatic heterocycles. The van der Waals surface area contributed by atoms with Crippen molar-refractivity contribution in [2.45, 2.75) is 10.8 Å². The Kier molecular flexibility index (Phi) is 4.12. The van der Waals surface area contributed by atoms with Crippen molar-refractivity contribution in [2.75, 3.05) is 13.1 Å². The first-order valence-electron chi connectivity index (χ1n) is 7.81. The number of nitrogens with zero attached hydrogens (tertiary/aromatic N) is 6. The highest BCUT2D eigenvalue weighted by Gasteiger charge is 2.40. The lowest BCUT2D eigenvalue weighted by atomic mass is 10.0. The summed E-state index contributed by atoms with van der Waals surface area (Å²) in [4.78, 5) is 22.4. The fraction of sp³-hybridized carbons (Fsp3) is 0.200. The molecule has 1 aromatic carbocycles. The molecule has 2 aromatic heterocycles. The van der Waals surface area contributed by atoms with Crippen LogP contribution in [0.5, 0.6) is 0 Å². The fourth-order valence-electron chi connectivity index (χ4n) is 2.59. The van der Waals surface area contributed by atoms with Crippen molar-refractivity contribution in [3.05, 3.63) is 58.7 Å². The van der Waals surface area contributed by atoms with Crippen molar-refractivity contribution in [1.29, 1.82) is 0 Å². The maximum atomic E-state index is 12.6. The molecule has 1 saturated heterocycles. The summed E-state index contributed by atoms with van der Waals surface area (Å²) in [6.07, 6.45) is 3.11. The zero-order chi connectivity index (χ0) is 19.0. The van der Waals surface area contributed by atoms with Gasteiger partial charge in [0.05, 0.1) is 15.7 Å². The first kappa shape index (κ1) is 17.2. The van der Waals surface area contributed by atoms with Gasteiger partial charge in [-0.3, -0.25) is 10.1 Å². The van der Waals surface area contributed by atoms with Crippen LogP contribution in [0.4, 0.5) is 5.69 Å². The van der Waals surface area contributed by atoms with Gasteiger partial charge >= 0.3 is 0 Å². The molecule has 3 aromatic rings. The van der Waals surface area contributed by atoms with Crippen molar-refractivity contribution in [1.82, 2.24) is 24.4 Å². The van der Waals surface area contributed by atoms with E-state index in [0.717, 1.165) is 12.1 Å². The van der Waals surface area contributed by atoms with Gasteiger partial charge in [-0.2, -0.15) is 9.29 Å². The van der Waals surface area contributed by atoms with E-state index in [0.29, 0.717) is 11.7 Å². The molecule has 1 fully saturated rings. The molecule has 0 N–H and O–H groups in total. The third-order valence-electron chi connectivity index (χ3n) is 4.09. The zero-order valence-corrected chi connectivity index (χ0v) is 14.5. The van der Waals surface area contributed by atoms with Gasteiger partial charge < -0.3 is 4.52 Å². The van der Waals surface area contributed by atoms with Crippen LogP contribution in [0.2, 0.25) is 0 Å². The molecule has 4 rings (SSSR count). The summed E-state index contributed by atoms with van der Waals surface area (Å²) in [5.74, 6) is 0.639. The van der Waals surface area contributed by atoms with Crippen LogP contribution in [0.25, 0.3) is 11.6 Å². The van der Waals surface area contributed by atoms with Crippen LogP contribution >= 0.6 is 0 Å². The van der Waals surface area contributed by atoms with Gasteiger partial charge in [0.1, 0.15) is 0 Å². The minimum Gasteiger partial charge on any atom is -0.338 e. The summed E-state index contributed by atoms with van der Waals surface area (Å²) in [7, 11) is -3.73. The summed E-state index contributed by atoms with van der Waals surface area (Å²) in [6, 6.07) is 6.43. The van der Waals surface area contributed by atoms with Crippen LogP contribution in [0.3, 0.4) is 0 Å². The molecule has 1 aliphatic rings. The van der Waals surface area contributed by atoms with E-state index in [1.807, 2.05) is 0 Å². The van der Waals surface area contributed by atoms with Gasteiger partial charge in [0.2, 0.25) is 27.6 Å². The van der Waals surface area contributed by atoms with Crippen LogP contribution in [-0.4, -0.2) is 50.8 Å². The zero-order valence-electron chi connectivity index (χ0n) is 13.7. The normalized spacial score (nSPS) is 15.4. The van der Waals surface area contributed by atoms with Gasteiger partial charge in [0, 0.05) is 37.6 Å². The van der Waals surface area contributed by atoms with E-state index in [2.05, 4.69) is 20.1 Å². The molecule has 0 aliphatic carbocycles. The van der Waals surface area contributed by atoms with Crippen LogP contribution in [0, 0.1) is 10.1 Å². The van der Waals surface area contributed by atoms with E-state index in [-0.39, 0.29) is 35.4 Å². The van der Waals surface area contributed by atoms with E-state index in [4.69, 9.17) is 4.52 Å². The highest BCUT2D eigenvalue weighted by atomic mass is 32.2. The Labute approximate surface area is 152 Å². The number of nitro benzene ring substituents is 1. The van der Waals surface area contributed by atoms with Crippen molar-refractivity contribution in [2.24, 2.45) is 0 Å². The average Bonchev–Trinajstić information content (AvgIpc) is 3.10. The summed E-state index contributed by atoms with van der Waals surface area (Å²) in [5.41, 5.74) is -0.169. The predicted molar refractivity (Wildman–Crippen MR) is 89.9 cm³/mol. The molecule has 0 radical (unpaired) electrons. The molecule has 0 atom stereocenters. The molecule has 0 bridgehead atoms. The number of hydrogen-bond acceptors (Lipinski definition) is 9. The Morgan fingerprint density at radius 2 is 1.78 bits per heavy atom. The second-order valence-corrected chi connectivity index (χ2v) is 7.74. The Morgan fingerprint density at radius 1 is 1.11 bits per heavy atom. The number of aromatic nitrogens is 4. The molecular weight excluding hydrogens is 376 g/mol. The number of sulfonamides is 1. The number of rotatable bonds is 5. The second-order valence-electron chi connectivity index (χ2n) is 5.80. The molecule has 12 heteroatoms. The van der Waals surface area contributed by atoms with Crippen LogP contribution in [-0.2, 0) is 10.0 Å². The van der Waals surface area contributed by atoms with Gasteiger partial charge in [0.25, 0.3) is 5.69 Å². The Balaban J connectivity index is 1.46. The summed E-state index contributed by atoms with van der Waals surface area (Å²) in [5, 5.41) is 14.5. The van der Waals surface area contributed by atoms with Crippen LogP contribution in [0.1, 0.15) is 11.8 Å². The summed E-state index contributed by atoms with van der Waals surface area (Å²) >= 11 is 0. The summed E-state index contributed by atoms with van der Waals surface area (Å²) < 4.78 is 31.6. The van der Waals surface area contributed by atoms with Gasteiger partial charge in [-0.1, -0.05) is 5.16 Å². The number of non-ortho nitro benzene ring substituents is 1. The largest absolute Gasteiger partial charge is 0.338 e. The standard InChI is InChI=1S/C15H12N6O5S/c22-21(23)11-2-4-12(5-3-11)27(24,25)20-8-10(9-20)15-18-14(19-26-15)13-16-6-1-7-17-13/h1-7,10H,8-9H2. The SMILES string of the molecule is O=[N+]([O-])c1ccc(S(=O)(=O)N2CC(c3nc(-c4ncccn4)no3)C2)cc1. The molecule has 0 saturated carbocycles. The first-order valence-corrected chi connectivity index (χ1v) is 9.25. The number of benzene rings is 1. The van der Waals surface area contributed by atoms with Crippen LogP contribution in [0.15, 0.2) is 52.1 Å². The van der Waals surface area contributed by atoms with E-state index in [9.17, 15) is 18.5 Å². The predicted octanol–water partition coefficient (Wildman–Crippen LogP) is 1.22. The molecule has 11 nitrogen and oxygen atoms in total. The van der Waals surface area contributed by atoms with E-state index < -0.39 is 14.9 Å². The van der Waals surface area contributed by atoms with E-state index in [1.165, 1.54) is 16.4 Å². The van der Waals surface area contributed by atoms with Gasteiger partial charge in [0.15, 0.2) is 0 Å². The monoisotopic (exact) mass is 388 g/mol. The molecule has 3 heterocycles. The van der Waals surface area contributed by atoms with Gasteiger partial charge in [-0.05, 0) is 18.2 Å². The Hall–Kier alpha value is -3.25. The molecule has 27 heavy (non-hydrogen) atoms. The highest BCUT2D eigenvalue weighted by molar-refractivity contribution is 7.89. The van der Waals surface area contributed by atoms with Crippen molar-refractivity contribution in [3.8, 4) is 11.6 Å². The second kappa shape index (κ2) is 6.48. The molecule has 138 valence electrons. The number of hydrogen-bond donors (Lipinski definition) is 0. The molecule has 0 unspecified atom stereocenters. The smallest absolute Gasteiger partial charge is 0.269 e. The van der Waals surface area contributed by atoms with E-state index in [1.54, 1.807) is 18.5 Å². The molecule has 0 spiro atoms. The van der Waals surface area contributed by atoms with Gasteiger partial charge in [-0.15, -0.1) is 0 Å². The lowest BCUT2D eigenvalue weighted by Gasteiger charge is -2.35. The average molecular weight is 388 g/mol. The summed E-state index contributed by atoms with van der Waals surface area (Å²) in [6.45, 7) is 0.354.